The van der Waals surface area contributed by atoms with Crippen LogP contribution in [0.25, 0.3) is 0 Å². The number of benzene rings is 1. The van der Waals surface area contributed by atoms with Gasteiger partial charge < -0.3 is 10.1 Å². The highest BCUT2D eigenvalue weighted by Crippen LogP contribution is 2.28. The largest absolute Gasteiger partial charge is 0.381 e. The molecule has 1 aromatic carbocycles. The fourth-order valence-corrected chi connectivity index (χ4v) is 3.04. The Balaban J connectivity index is 2.12. The first-order valence-corrected chi connectivity index (χ1v) is 7.22. The molecule has 1 aliphatic heterocycles. The highest BCUT2D eigenvalue weighted by molar-refractivity contribution is 6.36. The first-order valence-electron chi connectivity index (χ1n) is 6.46. The van der Waals surface area contributed by atoms with Crippen LogP contribution in [0.3, 0.4) is 0 Å². The Morgan fingerprint density at radius 2 is 2.11 bits per heavy atom. The van der Waals surface area contributed by atoms with E-state index in [1.165, 1.54) is 0 Å². The van der Waals surface area contributed by atoms with Crippen LogP contribution in [0.5, 0.6) is 0 Å². The van der Waals surface area contributed by atoms with Crippen LogP contribution in [0.1, 0.15) is 18.9 Å². The maximum Gasteiger partial charge on any atom is 0.0510 e. The van der Waals surface area contributed by atoms with E-state index in [-0.39, 0.29) is 0 Å². The Kier molecular flexibility index (Phi) is 5.31. The summed E-state index contributed by atoms with van der Waals surface area (Å²) in [5, 5.41) is 5.04. The van der Waals surface area contributed by atoms with Gasteiger partial charge in [-0.3, -0.25) is 0 Å². The molecule has 0 bridgehead atoms. The Hall–Kier alpha value is -0.280. The topological polar surface area (TPSA) is 21.3 Å². The van der Waals surface area contributed by atoms with Crippen LogP contribution in [0.2, 0.25) is 10.0 Å². The molecule has 0 amide bonds. The van der Waals surface area contributed by atoms with Gasteiger partial charge in [0.25, 0.3) is 0 Å². The van der Waals surface area contributed by atoms with E-state index < -0.39 is 0 Å². The molecule has 100 valence electrons. The SMILES string of the molecule is CCNC(Cc1c(Cl)cccc1Cl)C1CCOC1. The molecule has 0 aliphatic carbocycles. The van der Waals surface area contributed by atoms with E-state index in [1.54, 1.807) is 0 Å². The molecule has 4 heteroatoms. The molecule has 0 saturated carbocycles. The van der Waals surface area contributed by atoms with Crippen molar-refractivity contribution in [2.75, 3.05) is 19.8 Å². The summed E-state index contributed by atoms with van der Waals surface area (Å²) in [4.78, 5) is 0. The first-order chi connectivity index (χ1) is 8.72. The van der Waals surface area contributed by atoms with E-state index in [0.29, 0.717) is 12.0 Å². The molecule has 0 spiro atoms. The molecule has 1 N–H and O–H groups in total. The fraction of sp³-hybridized carbons (Fsp3) is 0.571. The van der Waals surface area contributed by atoms with Crippen molar-refractivity contribution in [1.29, 1.82) is 0 Å². The minimum Gasteiger partial charge on any atom is -0.381 e. The van der Waals surface area contributed by atoms with Gasteiger partial charge in [-0.05, 0) is 37.1 Å². The molecule has 18 heavy (non-hydrogen) atoms. The van der Waals surface area contributed by atoms with E-state index in [4.69, 9.17) is 27.9 Å². The van der Waals surface area contributed by atoms with Crippen molar-refractivity contribution >= 4 is 23.2 Å². The summed E-state index contributed by atoms with van der Waals surface area (Å²) in [6.07, 6.45) is 1.97. The van der Waals surface area contributed by atoms with Crippen LogP contribution in [0, 0.1) is 5.92 Å². The zero-order valence-corrected chi connectivity index (χ0v) is 12.1. The summed E-state index contributed by atoms with van der Waals surface area (Å²) in [5.74, 6) is 0.553. The third-order valence-corrected chi connectivity index (χ3v) is 4.19. The standard InChI is InChI=1S/C14H19Cl2NO/c1-2-17-14(10-6-7-18-9-10)8-11-12(15)4-3-5-13(11)16/h3-5,10,14,17H,2,6-9H2,1H3. The molecule has 0 radical (unpaired) electrons. The van der Waals surface area contributed by atoms with Gasteiger partial charge >= 0.3 is 0 Å². The number of hydrogen-bond acceptors (Lipinski definition) is 2. The van der Waals surface area contributed by atoms with Crippen molar-refractivity contribution in [3.05, 3.63) is 33.8 Å². The van der Waals surface area contributed by atoms with Gasteiger partial charge in [0.1, 0.15) is 0 Å². The van der Waals surface area contributed by atoms with E-state index in [1.807, 2.05) is 18.2 Å². The maximum absolute atomic E-state index is 6.24. The first kappa shape index (κ1) is 14.1. The lowest BCUT2D eigenvalue weighted by molar-refractivity contribution is 0.176. The van der Waals surface area contributed by atoms with Gasteiger partial charge in [0.15, 0.2) is 0 Å². The van der Waals surface area contributed by atoms with Crippen molar-refractivity contribution in [3.8, 4) is 0 Å². The minimum absolute atomic E-state index is 0.384. The van der Waals surface area contributed by atoms with Crippen LogP contribution >= 0.6 is 23.2 Å². The molecule has 0 aromatic heterocycles. The zero-order chi connectivity index (χ0) is 13.0. The molecule has 1 aliphatic rings. The predicted molar refractivity (Wildman–Crippen MR) is 76.6 cm³/mol. The van der Waals surface area contributed by atoms with Gasteiger partial charge in [-0.1, -0.05) is 36.2 Å². The van der Waals surface area contributed by atoms with Gasteiger partial charge in [-0.25, -0.2) is 0 Å². The normalized spacial score (nSPS) is 21.2. The number of likely N-dealkylation sites (N-methyl/N-ethyl adjacent to an activating group) is 1. The monoisotopic (exact) mass is 287 g/mol. The molecule has 1 aromatic rings. The molecule has 1 fully saturated rings. The lowest BCUT2D eigenvalue weighted by Crippen LogP contribution is -2.38. The third kappa shape index (κ3) is 3.39. The predicted octanol–water partition coefficient (Wildman–Crippen LogP) is 3.55. The summed E-state index contributed by atoms with van der Waals surface area (Å²) in [6.45, 7) is 4.77. The van der Waals surface area contributed by atoms with E-state index in [2.05, 4.69) is 12.2 Å². The van der Waals surface area contributed by atoms with Crippen LogP contribution in [0.4, 0.5) is 0 Å². The van der Waals surface area contributed by atoms with Gasteiger partial charge in [0.2, 0.25) is 0 Å². The molecule has 2 nitrogen and oxygen atoms in total. The van der Waals surface area contributed by atoms with Crippen LogP contribution in [-0.4, -0.2) is 25.8 Å². The highest BCUT2D eigenvalue weighted by atomic mass is 35.5. The summed E-state index contributed by atoms with van der Waals surface area (Å²) < 4.78 is 5.48. The van der Waals surface area contributed by atoms with Crippen LogP contribution < -0.4 is 5.32 Å². The molecule has 1 heterocycles. The molecule has 2 rings (SSSR count). The highest BCUT2D eigenvalue weighted by Gasteiger charge is 2.26. The number of nitrogens with one attached hydrogen (secondary N) is 1. The lowest BCUT2D eigenvalue weighted by Gasteiger charge is -2.24. The molecule has 2 atom stereocenters. The minimum atomic E-state index is 0.384. The molecular weight excluding hydrogens is 269 g/mol. The summed E-state index contributed by atoms with van der Waals surface area (Å²) in [5.41, 5.74) is 1.04. The average molecular weight is 288 g/mol. The number of halogens is 2. The van der Waals surface area contributed by atoms with Gasteiger partial charge in [-0.15, -0.1) is 0 Å². The Morgan fingerprint density at radius 1 is 1.39 bits per heavy atom. The van der Waals surface area contributed by atoms with E-state index in [0.717, 1.165) is 48.2 Å². The Morgan fingerprint density at radius 3 is 2.67 bits per heavy atom. The summed E-state index contributed by atoms with van der Waals surface area (Å²) in [6, 6.07) is 6.07. The molecule has 2 unspecified atom stereocenters. The smallest absolute Gasteiger partial charge is 0.0510 e. The quantitative estimate of drug-likeness (QED) is 0.894. The van der Waals surface area contributed by atoms with Crippen molar-refractivity contribution < 1.29 is 4.74 Å². The Labute approximate surface area is 119 Å². The second-order valence-corrected chi connectivity index (χ2v) is 5.51. The number of ether oxygens (including phenoxy) is 1. The lowest BCUT2D eigenvalue weighted by atomic mass is 9.92. The molecule has 1 saturated heterocycles. The second-order valence-electron chi connectivity index (χ2n) is 4.69. The van der Waals surface area contributed by atoms with Crippen LogP contribution in [0.15, 0.2) is 18.2 Å². The summed E-state index contributed by atoms with van der Waals surface area (Å²) in [7, 11) is 0. The number of hydrogen-bond donors (Lipinski definition) is 1. The van der Waals surface area contributed by atoms with E-state index in [9.17, 15) is 0 Å². The van der Waals surface area contributed by atoms with E-state index >= 15 is 0 Å². The van der Waals surface area contributed by atoms with Gasteiger partial charge in [0.05, 0.1) is 6.61 Å². The summed E-state index contributed by atoms with van der Waals surface area (Å²) >= 11 is 12.5. The van der Waals surface area contributed by atoms with Crippen molar-refractivity contribution in [2.24, 2.45) is 5.92 Å². The maximum atomic E-state index is 6.24. The van der Waals surface area contributed by atoms with Crippen LogP contribution in [-0.2, 0) is 11.2 Å². The number of rotatable bonds is 5. The van der Waals surface area contributed by atoms with Crippen molar-refractivity contribution in [1.82, 2.24) is 5.32 Å². The fourth-order valence-electron chi connectivity index (χ4n) is 2.49. The Bertz CT molecular complexity index is 371. The second kappa shape index (κ2) is 6.76. The van der Waals surface area contributed by atoms with Crippen molar-refractivity contribution in [3.63, 3.8) is 0 Å². The van der Waals surface area contributed by atoms with Gasteiger partial charge in [0, 0.05) is 28.6 Å². The molecular formula is C14H19Cl2NO. The third-order valence-electron chi connectivity index (χ3n) is 3.49. The zero-order valence-electron chi connectivity index (χ0n) is 10.6. The average Bonchev–Trinajstić information content (AvgIpc) is 2.86. The van der Waals surface area contributed by atoms with Crippen molar-refractivity contribution in [2.45, 2.75) is 25.8 Å². The van der Waals surface area contributed by atoms with Gasteiger partial charge in [-0.2, -0.15) is 0 Å².